The van der Waals surface area contributed by atoms with Crippen LogP contribution in [0.15, 0.2) is 77.7 Å². The van der Waals surface area contributed by atoms with Crippen LogP contribution in [0, 0.1) is 5.92 Å². The largest absolute Gasteiger partial charge is 0.453 e. The molecule has 5 atom stereocenters. The number of rotatable bonds is 9. The Labute approximate surface area is 232 Å². The number of carbonyl (C=O) groups excluding carboxylic acids is 2. The Morgan fingerprint density at radius 3 is 2.49 bits per heavy atom. The summed E-state index contributed by atoms with van der Waals surface area (Å²) >= 11 is 1.64. The van der Waals surface area contributed by atoms with Crippen molar-refractivity contribution < 1.29 is 28.9 Å². The fourth-order valence-electron chi connectivity index (χ4n) is 4.40. The van der Waals surface area contributed by atoms with Gasteiger partial charge in [-0.3, -0.25) is 9.59 Å². The zero-order valence-corrected chi connectivity index (χ0v) is 23.0. The molecular formula is C30H34N2O6S. The van der Waals surface area contributed by atoms with E-state index in [0.717, 1.165) is 27.3 Å². The van der Waals surface area contributed by atoms with Crippen LogP contribution >= 0.6 is 11.8 Å². The van der Waals surface area contributed by atoms with Crippen LogP contribution in [-0.4, -0.2) is 34.9 Å². The zero-order chi connectivity index (χ0) is 27.9. The number of aliphatic hydroxyl groups is 1. The highest BCUT2D eigenvalue weighted by atomic mass is 32.2. The lowest BCUT2D eigenvalue weighted by atomic mass is 9.91. The fraction of sp³-hybridized carbons (Fsp3) is 0.333. The average Bonchev–Trinajstić information content (AvgIpc) is 2.93. The molecule has 0 aliphatic carbocycles. The number of nitrogens with two attached hydrogens (primary N) is 1. The second kappa shape index (κ2) is 13.1. The van der Waals surface area contributed by atoms with Crippen LogP contribution in [0.5, 0.6) is 0 Å². The number of thioether (sulfide) groups is 1. The summed E-state index contributed by atoms with van der Waals surface area (Å²) < 4.78 is 18.0. The fourth-order valence-corrected chi connectivity index (χ4v) is 5.54. The van der Waals surface area contributed by atoms with Gasteiger partial charge in [-0.25, -0.2) is 0 Å². The van der Waals surface area contributed by atoms with Gasteiger partial charge in [0.2, 0.25) is 0 Å². The van der Waals surface area contributed by atoms with E-state index in [-0.39, 0.29) is 24.7 Å². The minimum atomic E-state index is -0.924. The Kier molecular flexibility index (Phi) is 9.63. The minimum Gasteiger partial charge on any atom is -0.453 e. The molecule has 1 heterocycles. The third kappa shape index (κ3) is 7.39. The number of ether oxygens (including phenoxy) is 3. The first kappa shape index (κ1) is 28.6. The van der Waals surface area contributed by atoms with Gasteiger partial charge in [-0.2, -0.15) is 0 Å². The molecule has 0 bridgehead atoms. The maximum atomic E-state index is 12.5. The highest BCUT2D eigenvalue weighted by molar-refractivity contribution is 7.99. The van der Waals surface area contributed by atoms with E-state index in [1.807, 2.05) is 60.7 Å². The van der Waals surface area contributed by atoms with Gasteiger partial charge in [-0.1, -0.05) is 55.5 Å². The molecule has 4 N–H and O–H groups in total. The van der Waals surface area contributed by atoms with Crippen molar-refractivity contribution in [2.24, 2.45) is 5.92 Å². The van der Waals surface area contributed by atoms with E-state index in [1.165, 1.54) is 13.8 Å². The third-order valence-corrected chi connectivity index (χ3v) is 7.76. The van der Waals surface area contributed by atoms with Gasteiger partial charge in [-0.15, -0.1) is 11.8 Å². The Morgan fingerprint density at radius 1 is 1.05 bits per heavy atom. The summed E-state index contributed by atoms with van der Waals surface area (Å²) in [7, 11) is 0. The SMILES string of the molecule is CC(=O)OC(C)C(=O)Nc1cccc(C2OC(CSc3ccccc3N)C(C)C(c3ccc(CO)cc3)O2)c1. The molecule has 0 saturated carbocycles. The van der Waals surface area contributed by atoms with E-state index in [9.17, 15) is 14.7 Å². The van der Waals surface area contributed by atoms with E-state index in [4.69, 9.17) is 19.9 Å². The van der Waals surface area contributed by atoms with Crippen LogP contribution < -0.4 is 11.1 Å². The molecule has 206 valence electrons. The molecule has 0 aromatic heterocycles. The normalized spacial score (nSPS) is 21.6. The van der Waals surface area contributed by atoms with Crippen LogP contribution in [-0.2, 0) is 30.4 Å². The molecule has 9 heteroatoms. The first-order valence-electron chi connectivity index (χ1n) is 12.8. The van der Waals surface area contributed by atoms with Gasteiger partial charge in [0, 0.05) is 40.4 Å². The van der Waals surface area contributed by atoms with Crippen molar-refractivity contribution in [1.82, 2.24) is 0 Å². The molecule has 8 nitrogen and oxygen atoms in total. The van der Waals surface area contributed by atoms with Gasteiger partial charge >= 0.3 is 5.97 Å². The van der Waals surface area contributed by atoms with Gasteiger partial charge in [-0.05, 0) is 42.3 Å². The molecule has 3 aromatic carbocycles. The highest BCUT2D eigenvalue weighted by Gasteiger charge is 2.38. The molecule has 1 aliphatic heterocycles. The lowest BCUT2D eigenvalue weighted by molar-refractivity contribution is -0.268. The number of esters is 1. The maximum absolute atomic E-state index is 12.5. The predicted molar refractivity (Wildman–Crippen MR) is 151 cm³/mol. The average molecular weight is 551 g/mol. The van der Waals surface area contributed by atoms with Crippen molar-refractivity contribution in [2.45, 2.75) is 56.9 Å². The Morgan fingerprint density at radius 2 is 1.79 bits per heavy atom. The summed E-state index contributed by atoms with van der Waals surface area (Å²) in [6, 6.07) is 22.7. The number of para-hydroxylation sites is 1. The van der Waals surface area contributed by atoms with Crippen LogP contribution in [0.25, 0.3) is 0 Å². The molecule has 0 spiro atoms. The number of amides is 1. The minimum absolute atomic E-state index is 0.0196. The van der Waals surface area contributed by atoms with Crippen LogP contribution in [0.2, 0.25) is 0 Å². The molecule has 39 heavy (non-hydrogen) atoms. The van der Waals surface area contributed by atoms with Crippen LogP contribution in [0.4, 0.5) is 11.4 Å². The van der Waals surface area contributed by atoms with E-state index >= 15 is 0 Å². The predicted octanol–water partition coefficient (Wildman–Crippen LogP) is 5.23. The van der Waals surface area contributed by atoms with Gasteiger partial charge in [0.1, 0.15) is 0 Å². The number of benzene rings is 3. The van der Waals surface area contributed by atoms with Crippen molar-refractivity contribution >= 4 is 35.0 Å². The first-order chi connectivity index (χ1) is 18.7. The van der Waals surface area contributed by atoms with Gasteiger partial charge in [0.05, 0.1) is 18.8 Å². The smallest absolute Gasteiger partial charge is 0.303 e. The third-order valence-electron chi connectivity index (χ3n) is 6.58. The molecule has 3 aromatic rings. The summed E-state index contributed by atoms with van der Waals surface area (Å²) in [6.07, 6.45) is -2.05. The van der Waals surface area contributed by atoms with Crippen molar-refractivity contribution in [1.29, 1.82) is 0 Å². The molecule has 1 aliphatic rings. The summed E-state index contributed by atoms with van der Waals surface area (Å²) in [5.41, 5.74) is 9.99. The maximum Gasteiger partial charge on any atom is 0.303 e. The molecule has 1 fully saturated rings. The number of anilines is 2. The van der Waals surface area contributed by atoms with Crippen molar-refractivity contribution in [3.05, 3.63) is 89.5 Å². The van der Waals surface area contributed by atoms with Crippen LogP contribution in [0.3, 0.4) is 0 Å². The Bertz CT molecular complexity index is 1280. The monoisotopic (exact) mass is 550 g/mol. The topological polar surface area (TPSA) is 120 Å². The molecule has 4 rings (SSSR count). The molecular weight excluding hydrogens is 516 g/mol. The van der Waals surface area contributed by atoms with Gasteiger partial charge in [0.25, 0.3) is 5.91 Å². The second-order valence-electron chi connectivity index (χ2n) is 9.54. The first-order valence-corrected chi connectivity index (χ1v) is 13.8. The van der Waals surface area contributed by atoms with E-state index < -0.39 is 24.3 Å². The molecule has 1 saturated heterocycles. The van der Waals surface area contributed by atoms with Crippen molar-refractivity contribution in [2.75, 3.05) is 16.8 Å². The second-order valence-corrected chi connectivity index (χ2v) is 10.6. The van der Waals surface area contributed by atoms with Gasteiger partial charge < -0.3 is 30.4 Å². The summed E-state index contributed by atoms with van der Waals surface area (Å²) in [5, 5.41) is 12.3. The summed E-state index contributed by atoms with van der Waals surface area (Å²) in [4.78, 5) is 24.7. The lowest BCUT2D eigenvalue weighted by Crippen LogP contribution is -2.38. The quantitative estimate of drug-likeness (QED) is 0.188. The molecule has 1 amide bonds. The standard InChI is InChI=1S/C30H34N2O6S/c1-18-26(17-39-27-10-5-4-9-25(27)31)37-30(38-28(18)22-13-11-21(16-33)12-14-22)23-7-6-8-24(15-23)32-29(35)19(2)36-20(3)34/h4-15,18-19,26,28,30,33H,16-17,31H2,1-3H3,(H,32,35). The highest BCUT2D eigenvalue weighted by Crippen LogP contribution is 2.43. The summed E-state index contributed by atoms with van der Waals surface area (Å²) in [6.45, 7) is 4.86. The van der Waals surface area contributed by atoms with E-state index in [1.54, 1.807) is 23.9 Å². The number of carbonyl (C=O) groups is 2. The van der Waals surface area contributed by atoms with Crippen LogP contribution in [0.1, 0.15) is 49.9 Å². The number of hydrogen-bond acceptors (Lipinski definition) is 8. The van der Waals surface area contributed by atoms with Crippen molar-refractivity contribution in [3.63, 3.8) is 0 Å². The summed E-state index contributed by atoms with van der Waals surface area (Å²) in [5.74, 6) is -0.274. The lowest BCUT2D eigenvalue weighted by Gasteiger charge is -2.41. The Hall–Kier alpha value is -3.37. The molecule has 5 unspecified atom stereocenters. The number of hydrogen-bond donors (Lipinski definition) is 3. The zero-order valence-electron chi connectivity index (χ0n) is 22.2. The van der Waals surface area contributed by atoms with E-state index in [2.05, 4.69) is 12.2 Å². The number of nitrogen functional groups attached to an aromatic ring is 1. The van der Waals surface area contributed by atoms with Crippen molar-refractivity contribution in [3.8, 4) is 0 Å². The Balaban J connectivity index is 1.57. The van der Waals surface area contributed by atoms with Gasteiger partial charge in [0.15, 0.2) is 12.4 Å². The van der Waals surface area contributed by atoms with E-state index in [0.29, 0.717) is 11.4 Å². The number of aliphatic hydroxyl groups excluding tert-OH is 1. The number of nitrogens with one attached hydrogen (secondary N) is 1. The molecule has 0 radical (unpaired) electrons.